The quantitative estimate of drug-likeness (QED) is 0.905. The molecule has 2 amide bonds. The lowest BCUT2D eigenvalue weighted by molar-refractivity contribution is 0.174. The molecule has 0 atom stereocenters. The molecule has 0 bridgehead atoms. The Hall–Kier alpha value is -3.03. The minimum Gasteiger partial charge on any atom is -0.454 e. The number of carbonyl (C=O) groups excluding carboxylic acids is 1. The zero-order valence-electron chi connectivity index (χ0n) is 13.7. The van der Waals surface area contributed by atoms with Crippen LogP contribution in [0.4, 0.5) is 10.6 Å². The lowest BCUT2D eigenvalue weighted by Crippen LogP contribution is -2.51. The van der Waals surface area contributed by atoms with Gasteiger partial charge in [0.25, 0.3) is 0 Å². The van der Waals surface area contributed by atoms with Crippen LogP contribution in [0, 0.1) is 0 Å². The maximum atomic E-state index is 12.4. The van der Waals surface area contributed by atoms with Crippen LogP contribution in [0.2, 0.25) is 0 Å². The molecule has 4 rings (SSSR count). The first kappa shape index (κ1) is 15.5. The molecule has 1 aromatic heterocycles. The van der Waals surface area contributed by atoms with Gasteiger partial charge in [0.1, 0.15) is 5.82 Å². The van der Waals surface area contributed by atoms with Crippen molar-refractivity contribution in [1.29, 1.82) is 0 Å². The van der Waals surface area contributed by atoms with Gasteiger partial charge in [-0.3, -0.25) is 4.98 Å². The van der Waals surface area contributed by atoms with E-state index in [-0.39, 0.29) is 12.8 Å². The van der Waals surface area contributed by atoms with E-state index in [0.29, 0.717) is 19.6 Å². The van der Waals surface area contributed by atoms with Crippen LogP contribution in [0.5, 0.6) is 11.5 Å². The van der Waals surface area contributed by atoms with Crippen LogP contribution < -0.4 is 19.7 Å². The molecule has 1 fully saturated rings. The van der Waals surface area contributed by atoms with Gasteiger partial charge in [0.2, 0.25) is 6.79 Å². The minimum atomic E-state index is -0.0588. The number of rotatable bonds is 3. The van der Waals surface area contributed by atoms with Gasteiger partial charge in [-0.2, -0.15) is 0 Å². The average molecular weight is 341 g/mol. The van der Waals surface area contributed by atoms with Gasteiger partial charge in [-0.1, -0.05) is 6.07 Å². The van der Waals surface area contributed by atoms with Gasteiger partial charge in [0, 0.05) is 45.1 Å². The Morgan fingerprint density at radius 1 is 1.12 bits per heavy atom. The number of aromatic nitrogens is 2. The van der Waals surface area contributed by atoms with Crippen molar-refractivity contribution in [3.05, 3.63) is 42.4 Å². The molecule has 8 heteroatoms. The van der Waals surface area contributed by atoms with Crippen LogP contribution in [-0.4, -0.2) is 53.9 Å². The Balaban J connectivity index is 1.28. The Labute approximate surface area is 145 Å². The van der Waals surface area contributed by atoms with Crippen molar-refractivity contribution in [2.24, 2.45) is 0 Å². The van der Waals surface area contributed by atoms with Crippen molar-refractivity contribution < 1.29 is 14.3 Å². The summed E-state index contributed by atoms with van der Waals surface area (Å²) in [7, 11) is 0. The summed E-state index contributed by atoms with van der Waals surface area (Å²) in [5.74, 6) is 2.32. The Kier molecular flexibility index (Phi) is 4.24. The molecule has 2 aromatic rings. The number of fused-ring (bicyclic) bond motifs is 1. The Bertz CT molecular complexity index is 747. The number of ether oxygens (including phenoxy) is 2. The normalized spacial score (nSPS) is 16.0. The van der Waals surface area contributed by atoms with E-state index >= 15 is 0 Å². The molecule has 0 radical (unpaired) electrons. The van der Waals surface area contributed by atoms with Crippen LogP contribution >= 0.6 is 0 Å². The smallest absolute Gasteiger partial charge is 0.317 e. The van der Waals surface area contributed by atoms with Crippen LogP contribution in [0.1, 0.15) is 5.56 Å². The molecule has 8 nitrogen and oxygen atoms in total. The van der Waals surface area contributed by atoms with E-state index < -0.39 is 0 Å². The van der Waals surface area contributed by atoms with Gasteiger partial charge in [0.15, 0.2) is 11.5 Å². The van der Waals surface area contributed by atoms with Gasteiger partial charge in [-0.15, -0.1) is 0 Å². The monoisotopic (exact) mass is 341 g/mol. The molecule has 0 aliphatic carbocycles. The zero-order chi connectivity index (χ0) is 17.1. The largest absolute Gasteiger partial charge is 0.454 e. The van der Waals surface area contributed by atoms with Gasteiger partial charge >= 0.3 is 6.03 Å². The molecule has 0 spiro atoms. The molecule has 1 aromatic carbocycles. The maximum absolute atomic E-state index is 12.4. The summed E-state index contributed by atoms with van der Waals surface area (Å²) in [6, 6.07) is 5.63. The number of benzene rings is 1. The molecular weight excluding hydrogens is 322 g/mol. The second-order valence-electron chi connectivity index (χ2n) is 5.88. The highest BCUT2D eigenvalue weighted by atomic mass is 16.7. The number of hydrogen-bond acceptors (Lipinski definition) is 6. The van der Waals surface area contributed by atoms with Gasteiger partial charge in [-0.25, -0.2) is 9.78 Å². The highest BCUT2D eigenvalue weighted by molar-refractivity contribution is 5.74. The number of anilines is 1. The topological polar surface area (TPSA) is 79.8 Å². The van der Waals surface area contributed by atoms with E-state index in [9.17, 15) is 4.79 Å². The van der Waals surface area contributed by atoms with Crippen LogP contribution in [0.25, 0.3) is 0 Å². The molecule has 0 unspecified atom stereocenters. The summed E-state index contributed by atoms with van der Waals surface area (Å²) in [6.45, 7) is 3.51. The molecule has 1 saturated heterocycles. The van der Waals surface area contributed by atoms with Crippen molar-refractivity contribution in [2.45, 2.75) is 6.54 Å². The summed E-state index contributed by atoms with van der Waals surface area (Å²) in [4.78, 5) is 24.7. The lowest BCUT2D eigenvalue weighted by Gasteiger charge is -2.35. The predicted molar refractivity (Wildman–Crippen MR) is 90.6 cm³/mol. The molecule has 3 heterocycles. The first-order chi connectivity index (χ1) is 12.3. The lowest BCUT2D eigenvalue weighted by atomic mass is 10.2. The second-order valence-corrected chi connectivity index (χ2v) is 5.88. The van der Waals surface area contributed by atoms with Gasteiger partial charge in [0.05, 0.1) is 6.20 Å². The number of urea groups is 1. The first-order valence-electron chi connectivity index (χ1n) is 8.22. The number of carbonyl (C=O) groups is 1. The maximum Gasteiger partial charge on any atom is 0.317 e. The van der Waals surface area contributed by atoms with E-state index in [4.69, 9.17) is 9.47 Å². The van der Waals surface area contributed by atoms with Gasteiger partial charge in [-0.05, 0) is 17.7 Å². The number of nitrogens with one attached hydrogen (secondary N) is 1. The van der Waals surface area contributed by atoms with Crippen molar-refractivity contribution in [3.8, 4) is 11.5 Å². The van der Waals surface area contributed by atoms with Crippen LogP contribution in [-0.2, 0) is 6.54 Å². The highest BCUT2D eigenvalue weighted by Crippen LogP contribution is 2.32. The molecule has 1 N–H and O–H groups in total. The predicted octanol–water partition coefficient (Wildman–Crippen LogP) is 1.24. The van der Waals surface area contributed by atoms with Crippen LogP contribution in [0.3, 0.4) is 0 Å². The number of hydrogen-bond donors (Lipinski definition) is 1. The summed E-state index contributed by atoms with van der Waals surface area (Å²) in [5.41, 5.74) is 0.982. The number of nitrogens with zero attached hydrogens (tertiary/aromatic N) is 4. The van der Waals surface area contributed by atoms with Crippen LogP contribution in [0.15, 0.2) is 36.8 Å². The number of amides is 2. The summed E-state index contributed by atoms with van der Waals surface area (Å²) >= 11 is 0. The fourth-order valence-electron chi connectivity index (χ4n) is 2.93. The average Bonchev–Trinajstić information content (AvgIpc) is 3.15. The van der Waals surface area contributed by atoms with Crippen molar-refractivity contribution in [3.63, 3.8) is 0 Å². The summed E-state index contributed by atoms with van der Waals surface area (Å²) in [6.07, 6.45) is 5.08. The van der Waals surface area contributed by atoms with Gasteiger partial charge < -0.3 is 24.6 Å². The third kappa shape index (κ3) is 3.42. The molecule has 2 aliphatic rings. The third-order valence-corrected chi connectivity index (χ3v) is 4.32. The first-order valence-corrected chi connectivity index (χ1v) is 8.22. The van der Waals surface area contributed by atoms with Crippen molar-refractivity contribution in [2.75, 3.05) is 37.9 Å². The molecular formula is C17H19N5O3. The summed E-state index contributed by atoms with van der Waals surface area (Å²) in [5, 5.41) is 2.96. The molecule has 130 valence electrons. The van der Waals surface area contributed by atoms with Crippen molar-refractivity contribution >= 4 is 11.8 Å². The van der Waals surface area contributed by atoms with E-state index in [1.807, 2.05) is 23.1 Å². The van der Waals surface area contributed by atoms with E-state index in [0.717, 1.165) is 36.0 Å². The second kappa shape index (κ2) is 6.84. The summed E-state index contributed by atoms with van der Waals surface area (Å²) < 4.78 is 10.6. The molecule has 0 saturated carbocycles. The Morgan fingerprint density at radius 2 is 1.96 bits per heavy atom. The van der Waals surface area contributed by atoms with Crippen molar-refractivity contribution in [1.82, 2.24) is 20.2 Å². The fraction of sp³-hybridized carbons (Fsp3) is 0.353. The third-order valence-electron chi connectivity index (χ3n) is 4.32. The van der Waals surface area contributed by atoms with E-state index in [2.05, 4.69) is 20.2 Å². The fourth-order valence-corrected chi connectivity index (χ4v) is 2.93. The number of piperazine rings is 1. The zero-order valence-corrected chi connectivity index (χ0v) is 13.7. The molecule has 2 aliphatic heterocycles. The minimum absolute atomic E-state index is 0.0588. The Morgan fingerprint density at radius 3 is 2.76 bits per heavy atom. The molecule has 25 heavy (non-hydrogen) atoms. The van der Waals surface area contributed by atoms with E-state index in [1.54, 1.807) is 18.6 Å². The SMILES string of the molecule is O=C(NCc1ccc2c(c1)OCO2)N1CCN(c2cnccn2)CC1. The standard InChI is InChI=1S/C17H19N5O3/c23-17(20-10-13-1-2-14-15(9-13)25-12-24-14)22-7-5-21(6-8-22)16-11-18-3-4-19-16/h1-4,9,11H,5-8,10,12H2,(H,20,23). The van der Waals surface area contributed by atoms with E-state index in [1.165, 1.54) is 0 Å². The highest BCUT2D eigenvalue weighted by Gasteiger charge is 2.22.